The molecular formula is C6H10N4O2S. The van der Waals surface area contributed by atoms with Gasteiger partial charge in [-0.1, -0.05) is 0 Å². The molecule has 0 atom stereocenters. The van der Waals surface area contributed by atoms with Gasteiger partial charge in [0.2, 0.25) is 5.91 Å². The first-order valence-corrected chi connectivity index (χ1v) is 3.99. The van der Waals surface area contributed by atoms with E-state index in [2.05, 4.69) is 22.8 Å². The highest BCUT2D eigenvalue weighted by molar-refractivity contribution is 7.80. The van der Waals surface area contributed by atoms with E-state index in [-0.39, 0.29) is 13.2 Å². The molecular weight excluding hydrogens is 192 g/mol. The molecule has 1 rings (SSSR count). The number of thiol groups is 1. The molecule has 0 fully saturated rings. The van der Waals surface area contributed by atoms with Gasteiger partial charge in [0, 0.05) is 7.05 Å². The summed E-state index contributed by atoms with van der Waals surface area (Å²) in [5, 5.41) is 7.96. The van der Waals surface area contributed by atoms with Crippen molar-refractivity contribution in [3.63, 3.8) is 0 Å². The Labute approximate surface area is 80.5 Å². The maximum absolute atomic E-state index is 10.3. The molecule has 0 spiro atoms. The number of nitrogens with two attached hydrogens (primary N) is 1. The van der Waals surface area contributed by atoms with Crippen LogP contribution < -0.4 is 5.73 Å². The van der Waals surface area contributed by atoms with Crippen molar-refractivity contribution in [2.75, 3.05) is 6.61 Å². The fraction of sp³-hybridized carbons (Fsp3) is 0.500. The van der Waals surface area contributed by atoms with Gasteiger partial charge < -0.3 is 15.0 Å². The number of ether oxygens (including phenoxy) is 1. The summed E-state index contributed by atoms with van der Waals surface area (Å²) in [4.78, 5) is 10.3. The molecule has 1 aromatic heterocycles. The van der Waals surface area contributed by atoms with Crippen molar-refractivity contribution in [3.05, 3.63) is 5.82 Å². The van der Waals surface area contributed by atoms with Crippen molar-refractivity contribution in [2.45, 2.75) is 11.8 Å². The van der Waals surface area contributed by atoms with Crippen LogP contribution in [0.25, 0.3) is 0 Å². The maximum Gasteiger partial charge on any atom is 0.243 e. The monoisotopic (exact) mass is 202 g/mol. The van der Waals surface area contributed by atoms with Crippen LogP contribution in [0.4, 0.5) is 0 Å². The van der Waals surface area contributed by atoms with Crippen LogP contribution in [0.2, 0.25) is 0 Å². The highest BCUT2D eigenvalue weighted by atomic mass is 32.1. The Balaban J connectivity index is 2.45. The van der Waals surface area contributed by atoms with Crippen LogP contribution in [0.1, 0.15) is 5.82 Å². The Morgan fingerprint density at radius 1 is 1.69 bits per heavy atom. The van der Waals surface area contributed by atoms with Crippen LogP contribution in [0.5, 0.6) is 0 Å². The topological polar surface area (TPSA) is 83.0 Å². The van der Waals surface area contributed by atoms with Crippen LogP contribution in [0.3, 0.4) is 0 Å². The lowest BCUT2D eigenvalue weighted by atomic mass is 10.6. The largest absolute Gasteiger partial charge is 0.368 e. The van der Waals surface area contributed by atoms with Gasteiger partial charge in [-0.2, -0.15) is 0 Å². The van der Waals surface area contributed by atoms with Crippen molar-refractivity contribution in [3.8, 4) is 0 Å². The molecule has 7 heteroatoms. The molecule has 0 aliphatic carbocycles. The first-order valence-electron chi connectivity index (χ1n) is 3.54. The fourth-order valence-electron chi connectivity index (χ4n) is 0.721. The van der Waals surface area contributed by atoms with Gasteiger partial charge in [0.15, 0.2) is 11.0 Å². The average molecular weight is 202 g/mol. The van der Waals surface area contributed by atoms with Crippen molar-refractivity contribution in [1.82, 2.24) is 14.8 Å². The molecule has 0 radical (unpaired) electrons. The highest BCUT2D eigenvalue weighted by Gasteiger charge is 2.05. The minimum Gasteiger partial charge on any atom is -0.368 e. The lowest BCUT2D eigenvalue weighted by Gasteiger charge is -2.00. The minimum absolute atomic E-state index is 0.116. The van der Waals surface area contributed by atoms with Crippen LogP contribution in [-0.4, -0.2) is 27.3 Å². The van der Waals surface area contributed by atoms with Crippen molar-refractivity contribution in [2.24, 2.45) is 12.8 Å². The first kappa shape index (κ1) is 10.0. The zero-order valence-electron chi connectivity index (χ0n) is 7.10. The van der Waals surface area contributed by atoms with Crippen LogP contribution >= 0.6 is 12.6 Å². The molecule has 0 saturated carbocycles. The third-order valence-electron chi connectivity index (χ3n) is 1.42. The molecule has 0 aliphatic heterocycles. The SMILES string of the molecule is Cn1c(S)nnc1COCC(N)=O. The summed E-state index contributed by atoms with van der Waals surface area (Å²) < 4.78 is 6.60. The Kier molecular flexibility index (Phi) is 3.26. The zero-order chi connectivity index (χ0) is 9.84. The second-order valence-corrected chi connectivity index (χ2v) is 2.83. The number of hydrogen-bond donors (Lipinski definition) is 2. The third-order valence-corrected chi connectivity index (χ3v) is 1.81. The second kappa shape index (κ2) is 4.24. The second-order valence-electron chi connectivity index (χ2n) is 2.43. The van der Waals surface area contributed by atoms with Crippen molar-refractivity contribution < 1.29 is 9.53 Å². The van der Waals surface area contributed by atoms with Gasteiger partial charge in [-0.15, -0.1) is 22.8 Å². The van der Waals surface area contributed by atoms with E-state index in [9.17, 15) is 4.79 Å². The van der Waals surface area contributed by atoms with Crippen LogP contribution in [-0.2, 0) is 23.2 Å². The van der Waals surface area contributed by atoms with Gasteiger partial charge in [0.1, 0.15) is 13.2 Å². The maximum atomic E-state index is 10.3. The lowest BCUT2D eigenvalue weighted by Crippen LogP contribution is -2.18. The van der Waals surface area contributed by atoms with Crippen LogP contribution in [0.15, 0.2) is 5.16 Å². The van der Waals surface area contributed by atoms with Gasteiger partial charge in [0.25, 0.3) is 0 Å². The first-order chi connectivity index (χ1) is 6.11. The van der Waals surface area contributed by atoms with Crippen molar-refractivity contribution in [1.29, 1.82) is 0 Å². The number of carbonyl (C=O) groups excluding carboxylic acids is 1. The van der Waals surface area contributed by atoms with Gasteiger partial charge in [0.05, 0.1) is 0 Å². The fourth-order valence-corrected chi connectivity index (χ4v) is 0.881. The standard InChI is InChI=1S/C6H10N4O2S/c1-10-5(8-9-6(10)13)3-12-2-4(7)11/h2-3H2,1H3,(H2,7,11)(H,9,13). The molecule has 2 N–H and O–H groups in total. The molecule has 72 valence electrons. The van der Waals surface area contributed by atoms with E-state index in [4.69, 9.17) is 10.5 Å². The summed E-state index contributed by atoms with van der Waals surface area (Å²) in [6.07, 6.45) is 0. The Bertz CT molecular complexity index is 312. The molecule has 0 bridgehead atoms. The molecule has 13 heavy (non-hydrogen) atoms. The van der Waals surface area contributed by atoms with Gasteiger partial charge in [-0.05, 0) is 0 Å². The van der Waals surface area contributed by atoms with E-state index < -0.39 is 5.91 Å². The molecule has 0 saturated heterocycles. The number of nitrogens with zero attached hydrogens (tertiary/aromatic N) is 3. The highest BCUT2D eigenvalue weighted by Crippen LogP contribution is 2.03. The normalized spacial score (nSPS) is 10.3. The summed E-state index contributed by atoms with van der Waals surface area (Å²) >= 11 is 4.02. The zero-order valence-corrected chi connectivity index (χ0v) is 7.99. The third kappa shape index (κ3) is 2.71. The van der Waals surface area contributed by atoms with E-state index in [1.54, 1.807) is 11.6 Å². The van der Waals surface area contributed by atoms with E-state index in [0.717, 1.165) is 0 Å². The quantitative estimate of drug-likeness (QED) is 0.620. The predicted molar refractivity (Wildman–Crippen MR) is 47.1 cm³/mol. The van der Waals surface area contributed by atoms with E-state index >= 15 is 0 Å². The van der Waals surface area contributed by atoms with E-state index in [0.29, 0.717) is 11.0 Å². The van der Waals surface area contributed by atoms with Crippen LogP contribution in [0, 0.1) is 0 Å². The Hall–Kier alpha value is -1.08. The Morgan fingerprint density at radius 3 is 2.85 bits per heavy atom. The summed E-state index contributed by atoms with van der Waals surface area (Å²) in [7, 11) is 1.76. The summed E-state index contributed by atoms with van der Waals surface area (Å²) in [6.45, 7) is 0.0851. The number of primary amides is 1. The van der Waals surface area contributed by atoms with Gasteiger partial charge in [-0.3, -0.25) is 4.79 Å². The Morgan fingerprint density at radius 2 is 2.38 bits per heavy atom. The molecule has 6 nitrogen and oxygen atoms in total. The molecule has 0 aliphatic rings. The van der Waals surface area contributed by atoms with E-state index in [1.165, 1.54) is 0 Å². The number of rotatable bonds is 4. The molecule has 1 heterocycles. The predicted octanol–water partition coefficient (Wildman–Crippen LogP) is -0.894. The smallest absolute Gasteiger partial charge is 0.243 e. The molecule has 1 aromatic rings. The lowest BCUT2D eigenvalue weighted by molar-refractivity contribution is -0.123. The summed E-state index contributed by atoms with van der Waals surface area (Å²) in [5.74, 6) is 0.0968. The summed E-state index contributed by atoms with van der Waals surface area (Å²) in [6, 6.07) is 0. The molecule has 0 unspecified atom stereocenters. The number of hydrogen-bond acceptors (Lipinski definition) is 5. The number of aromatic nitrogens is 3. The molecule has 0 aromatic carbocycles. The van der Waals surface area contributed by atoms with Gasteiger partial charge in [-0.25, -0.2) is 0 Å². The minimum atomic E-state index is -0.506. The number of carbonyl (C=O) groups is 1. The van der Waals surface area contributed by atoms with Gasteiger partial charge >= 0.3 is 0 Å². The average Bonchev–Trinajstić information content (AvgIpc) is 2.35. The summed E-state index contributed by atoms with van der Waals surface area (Å²) in [5.41, 5.74) is 4.88. The van der Waals surface area contributed by atoms with E-state index in [1.807, 2.05) is 0 Å². The number of amides is 1. The molecule has 1 amide bonds. The van der Waals surface area contributed by atoms with Crippen molar-refractivity contribution >= 4 is 18.5 Å².